The molecule has 2 aliphatic heterocycles. The van der Waals surface area contributed by atoms with Crippen molar-refractivity contribution in [3.63, 3.8) is 0 Å². The number of aryl methyl sites for hydroxylation is 1. The Morgan fingerprint density at radius 1 is 1.30 bits per heavy atom. The van der Waals surface area contributed by atoms with Crippen LogP contribution >= 0.6 is 0 Å². The van der Waals surface area contributed by atoms with Crippen molar-refractivity contribution in [3.05, 3.63) is 17.5 Å². The zero-order valence-corrected chi connectivity index (χ0v) is 13.6. The zero-order chi connectivity index (χ0) is 15.8. The van der Waals surface area contributed by atoms with Crippen molar-refractivity contribution in [1.82, 2.24) is 25.6 Å². The third-order valence-electron chi connectivity index (χ3n) is 5.09. The van der Waals surface area contributed by atoms with Crippen LogP contribution in [0.3, 0.4) is 0 Å². The van der Waals surface area contributed by atoms with E-state index in [1.54, 1.807) is 0 Å². The Morgan fingerprint density at radius 3 is 2.74 bits per heavy atom. The maximum Gasteiger partial charge on any atom is 0.223 e. The van der Waals surface area contributed by atoms with Gasteiger partial charge in [0.15, 0.2) is 5.76 Å². The van der Waals surface area contributed by atoms with Crippen LogP contribution in [0, 0.1) is 12.8 Å². The molecule has 0 bridgehead atoms. The van der Waals surface area contributed by atoms with E-state index < -0.39 is 0 Å². The topological polar surface area (TPSA) is 73.6 Å². The standard InChI is InChI=1S/C16H25N5O2/c1-11-8-13(23-19-11)10-20-4-6-21(7-5-20)16-17-14(12-2-3-12)9-15(22)18-16/h8,12,14,16-17H,2-7,9-10H2,1H3,(H,18,22). The molecule has 2 atom stereocenters. The van der Waals surface area contributed by atoms with Crippen LogP contribution in [0.5, 0.6) is 0 Å². The van der Waals surface area contributed by atoms with Gasteiger partial charge in [0.25, 0.3) is 0 Å². The van der Waals surface area contributed by atoms with Gasteiger partial charge in [0.05, 0.1) is 12.2 Å². The Kier molecular flexibility index (Phi) is 4.09. The maximum atomic E-state index is 12.0. The first-order valence-corrected chi connectivity index (χ1v) is 8.61. The molecule has 2 saturated heterocycles. The molecule has 0 aromatic carbocycles. The monoisotopic (exact) mass is 319 g/mol. The molecule has 7 nitrogen and oxygen atoms in total. The smallest absolute Gasteiger partial charge is 0.223 e. The lowest BCUT2D eigenvalue weighted by Crippen LogP contribution is -2.66. The van der Waals surface area contributed by atoms with Gasteiger partial charge in [0, 0.05) is 44.7 Å². The predicted octanol–water partition coefficient (Wildman–Crippen LogP) is 0.272. The summed E-state index contributed by atoms with van der Waals surface area (Å²) >= 11 is 0. The third kappa shape index (κ3) is 3.57. The van der Waals surface area contributed by atoms with Crippen molar-refractivity contribution < 1.29 is 9.32 Å². The Balaban J connectivity index is 1.29. The fraction of sp³-hybridized carbons (Fsp3) is 0.750. The molecular formula is C16H25N5O2. The minimum Gasteiger partial charge on any atom is -0.360 e. The van der Waals surface area contributed by atoms with Crippen LogP contribution in [0.15, 0.2) is 10.6 Å². The minimum absolute atomic E-state index is 0.00322. The van der Waals surface area contributed by atoms with Crippen molar-refractivity contribution in [2.75, 3.05) is 26.2 Å². The second-order valence-electron chi connectivity index (χ2n) is 7.03. The second-order valence-corrected chi connectivity index (χ2v) is 7.03. The molecule has 1 aliphatic carbocycles. The summed E-state index contributed by atoms with van der Waals surface area (Å²) in [6.07, 6.45) is 3.16. The van der Waals surface area contributed by atoms with E-state index in [-0.39, 0.29) is 12.2 Å². The summed E-state index contributed by atoms with van der Waals surface area (Å²) in [4.78, 5) is 16.7. The highest BCUT2D eigenvalue weighted by Gasteiger charge is 2.39. The molecule has 1 amide bonds. The quantitative estimate of drug-likeness (QED) is 0.830. The molecule has 1 saturated carbocycles. The van der Waals surface area contributed by atoms with E-state index in [0.717, 1.165) is 44.2 Å². The lowest BCUT2D eigenvalue weighted by molar-refractivity contribution is -0.127. The van der Waals surface area contributed by atoms with Crippen molar-refractivity contribution in [2.24, 2.45) is 5.92 Å². The molecule has 1 aromatic heterocycles. The van der Waals surface area contributed by atoms with E-state index in [4.69, 9.17) is 4.52 Å². The lowest BCUT2D eigenvalue weighted by atomic mass is 10.1. The lowest BCUT2D eigenvalue weighted by Gasteiger charge is -2.42. The van der Waals surface area contributed by atoms with Gasteiger partial charge in [0.2, 0.25) is 5.91 Å². The Labute approximate surface area is 136 Å². The van der Waals surface area contributed by atoms with Gasteiger partial charge < -0.3 is 9.84 Å². The fourth-order valence-corrected chi connectivity index (χ4v) is 3.60. The third-order valence-corrected chi connectivity index (χ3v) is 5.09. The molecule has 1 aromatic rings. The number of rotatable bonds is 4. The number of hydrogen-bond acceptors (Lipinski definition) is 6. The van der Waals surface area contributed by atoms with Crippen molar-refractivity contribution in [2.45, 2.75) is 45.1 Å². The van der Waals surface area contributed by atoms with E-state index in [2.05, 4.69) is 25.6 Å². The number of piperazine rings is 1. The summed E-state index contributed by atoms with van der Waals surface area (Å²) in [5, 5.41) is 10.7. The SMILES string of the molecule is Cc1cc(CN2CCN(C3NC(=O)CC(C4CC4)N3)CC2)on1. The molecule has 3 aliphatic rings. The Bertz CT molecular complexity index is 563. The summed E-state index contributed by atoms with van der Waals surface area (Å²) in [6.45, 7) is 6.59. The number of carbonyl (C=O) groups is 1. The molecule has 0 spiro atoms. The second kappa shape index (κ2) is 6.22. The number of carbonyl (C=O) groups excluding carboxylic acids is 1. The normalized spacial score (nSPS) is 30.4. The fourth-order valence-electron chi connectivity index (χ4n) is 3.60. The molecule has 126 valence electrons. The summed E-state index contributed by atoms with van der Waals surface area (Å²) in [5.41, 5.74) is 0.930. The first-order chi connectivity index (χ1) is 11.2. The van der Waals surface area contributed by atoms with E-state index >= 15 is 0 Å². The van der Waals surface area contributed by atoms with Crippen LogP contribution in [0.4, 0.5) is 0 Å². The summed E-state index contributed by atoms with van der Waals surface area (Å²) in [5.74, 6) is 1.82. The van der Waals surface area contributed by atoms with E-state index in [1.807, 2.05) is 13.0 Å². The van der Waals surface area contributed by atoms with Crippen LogP contribution in [-0.2, 0) is 11.3 Å². The highest BCUT2D eigenvalue weighted by molar-refractivity contribution is 5.77. The summed E-state index contributed by atoms with van der Waals surface area (Å²) in [6, 6.07) is 2.36. The van der Waals surface area contributed by atoms with Crippen LogP contribution in [0.1, 0.15) is 30.7 Å². The van der Waals surface area contributed by atoms with Gasteiger partial charge >= 0.3 is 0 Å². The molecule has 2 N–H and O–H groups in total. The molecule has 4 rings (SSSR count). The Hall–Kier alpha value is -1.44. The molecule has 0 radical (unpaired) electrons. The van der Waals surface area contributed by atoms with Crippen LogP contribution in [-0.4, -0.2) is 59.4 Å². The minimum atomic E-state index is -0.00322. The van der Waals surface area contributed by atoms with Crippen LogP contribution in [0.25, 0.3) is 0 Å². The number of aromatic nitrogens is 1. The highest BCUT2D eigenvalue weighted by atomic mass is 16.5. The zero-order valence-electron chi connectivity index (χ0n) is 13.6. The molecule has 7 heteroatoms. The van der Waals surface area contributed by atoms with Gasteiger partial charge in [-0.25, -0.2) is 0 Å². The van der Waals surface area contributed by atoms with Gasteiger partial charge in [-0.2, -0.15) is 0 Å². The van der Waals surface area contributed by atoms with E-state index in [0.29, 0.717) is 18.4 Å². The van der Waals surface area contributed by atoms with E-state index in [1.165, 1.54) is 12.8 Å². The Morgan fingerprint density at radius 2 is 2.09 bits per heavy atom. The number of hydrogen-bond donors (Lipinski definition) is 2. The van der Waals surface area contributed by atoms with Gasteiger partial charge in [-0.05, 0) is 25.7 Å². The average Bonchev–Trinajstić information content (AvgIpc) is 3.31. The first-order valence-electron chi connectivity index (χ1n) is 8.61. The van der Waals surface area contributed by atoms with Crippen molar-refractivity contribution >= 4 is 5.91 Å². The number of amides is 1. The van der Waals surface area contributed by atoms with Gasteiger partial charge in [-0.15, -0.1) is 0 Å². The molecule has 23 heavy (non-hydrogen) atoms. The molecule has 2 unspecified atom stereocenters. The maximum absolute atomic E-state index is 12.0. The molecular weight excluding hydrogens is 294 g/mol. The molecule has 3 fully saturated rings. The number of nitrogens with one attached hydrogen (secondary N) is 2. The van der Waals surface area contributed by atoms with Gasteiger partial charge in [-0.3, -0.25) is 19.9 Å². The van der Waals surface area contributed by atoms with Crippen LogP contribution in [0.2, 0.25) is 0 Å². The molecule has 3 heterocycles. The van der Waals surface area contributed by atoms with Crippen LogP contribution < -0.4 is 10.6 Å². The van der Waals surface area contributed by atoms with E-state index in [9.17, 15) is 4.79 Å². The average molecular weight is 319 g/mol. The van der Waals surface area contributed by atoms with Gasteiger partial charge in [-0.1, -0.05) is 5.16 Å². The highest BCUT2D eigenvalue weighted by Crippen LogP contribution is 2.35. The summed E-state index contributed by atoms with van der Waals surface area (Å²) < 4.78 is 5.30. The first kappa shape index (κ1) is 15.1. The van der Waals surface area contributed by atoms with Crippen molar-refractivity contribution in [3.8, 4) is 0 Å². The van der Waals surface area contributed by atoms with Crippen molar-refractivity contribution in [1.29, 1.82) is 0 Å². The van der Waals surface area contributed by atoms with Gasteiger partial charge in [0.1, 0.15) is 6.29 Å². The predicted molar refractivity (Wildman–Crippen MR) is 84.3 cm³/mol. The summed E-state index contributed by atoms with van der Waals surface area (Å²) in [7, 11) is 0. The number of nitrogens with zero attached hydrogens (tertiary/aromatic N) is 3. The largest absolute Gasteiger partial charge is 0.360 e.